The molecule has 8 nitrogen and oxygen atoms in total. The molecule has 0 aliphatic carbocycles. The quantitative estimate of drug-likeness (QED) is 0.432. The lowest BCUT2D eigenvalue weighted by atomic mass is 10.0. The van der Waals surface area contributed by atoms with E-state index in [1.54, 1.807) is 30.3 Å². The van der Waals surface area contributed by atoms with Crippen LogP contribution in [0.5, 0.6) is 10.9 Å². The van der Waals surface area contributed by atoms with Gasteiger partial charge in [0.25, 0.3) is 5.91 Å². The fourth-order valence-corrected chi connectivity index (χ4v) is 4.77. The molecule has 0 saturated carbocycles. The Morgan fingerprint density at radius 1 is 1.09 bits per heavy atom. The first-order valence-electron chi connectivity index (χ1n) is 11.0. The monoisotopic (exact) mass is 515 g/mol. The van der Waals surface area contributed by atoms with Gasteiger partial charge in [-0.1, -0.05) is 47.2 Å². The highest BCUT2D eigenvalue weighted by Crippen LogP contribution is 2.28. The highest BCUT2D eigenvalue weighted by molar-refractivity contribution is 7.17. The maximum Gasteiger partial charge on any atom is 0.261 e. The Balaban J connectivity index is 1.38. The van der Waals surface area contributed by atoms with Crippen molar-refractivity contribution >= 4 is 34.8 Å². The Labute approximate surface area is 213 Å². The van der Waals surface area contributed by atoms with Crippen molar-refractivity contribution in [2.24, 2.45) is 0 Å². The molecule has 1 fully saturated rings. The Morgan fingerprint density at radius 2 is 1.86 bits per heavy atom. The number of aromatic nitrogens is 1. The third kappa shape index (κ3) is 6.11. The second-order valence-electron chi connectivity index (χ2n) is 7.95. The van der Waals surface area contributed by atoms with Crippen LogP contribution in [0.3, 0.4) is 0 Å². The largest absolute Gasteiger partial charge is 0.481 e. The van der Waals surface area contributed by atoms with E-state index in [-0.39, 0.29) is 25.0 Å². The van der Waals surface area contributed by atoms with Crippen LogP contribution < -0.4 is 9.47 Å². The Bertz CT molecular complexity index is 1150. The average molecular weight is 516 g/mol. The molecule has 0 spiro atoms. The number of carbonyl (C=O) groups is 2. The first-order chi connectivity index (χ1) is 17.0. The van der Waals surface area contributed by atoms with Crippen LogP contribution in [0.2, 0.25) is 4.34 Å². The number of methoxy groups -OCH3 is 2. The second kappa shape index (κ2) is 11.5. The molecule has 3 heterocycles. The summed E-state index contributed by atoms with van der Waals surface area (Å²) < 4.78 is 16.5. The van der Waals surface area contributed by atoms with Crippen LogP contribution in [0.4, 0.5) is 0 Å². The van der Waals surface area contributed by atoms with Gasteiger partial charge in [0.05, 0.1) is 18.1 Å². The third-order valence-electron chi connectivity index (χ3n) is 5.72. The number of amides is 2. The highest BCUT2D eigenvalue weighted by atomic mass is 35.5. The first-order valence-corrected chi connectivity index (χ1v) is 12.2. The highest BCUT2D eigenvalue weighted by Gasteiger charge is 2.37. The van der Waals surface area contributed by atoms with E-state index in [2.05, 4.69) is 4.98 Å². The molecule has 0 bridgehead atoms. The van der Waals surface area contributed by atoms with Crippen molar-refractivity contribution in [1.29, 1.82) is 0 Å². The van der Waals surface area contributed by atoms with Crippen LogP contribution in [-0.2, 0) is 20.9 Å². The van der Waals surface area contributed by atoms with Gasteiger partial charge < -0.3 is 24.0 Å². The third-order valence-corrected chi connectivity index (χ3v) is 6.86. The first kappa shape index (κ1) is 25.0. The molecule has 1 aliphatic heterocycles. The lowest BCUT2D eigenvalue weighted by molar-refractivity contribution is -0.155. The van der Waals surface area contributed by atoms with E-state index >= 15 is 0 Å². The summed E-state index contributed by atoms with van der Waals surface area (Å²) in [6.07, 6.45) is 1.76. The summed E-state index contributed by atoms with van der Waals surface area (Å²) in [6.45, 7) is 1.25. The number of hydrogen-bond donors (Lipinski definition) is 0. The van der Waals surface area contributed by atoms with Gasteiger partial charge in [0, 0.05) is 44.6 Å². The van der Waals surface area contributed by atoms with Gasteiger partial charge in [-0.25, -0.2) is 4.98 Å². The van der Waals surface area contributed by atoms with Crippen molar-refractivity contribution < 1.29 is 23.8 Å². The number of carbonyl (C=O) groups excluding carboxylic acids is 2. The summed E-state index contributed by atoms with van der Waals surface area (Å²) in [5, 5.41) is 0.561. The van der Waals surface area contributed by atoms with E-state index in [0.29, 0.717) is 34.9 Å². The minimum absolute atomic E-state index is 0.120. The fraction of sp³-hybridized carbons (Fsp3) is 0.320. The molecule has 0 radical (unpaired) electrons. The molecule has 2 aromatic heterocycles. The number of piperazine rings is 1. The Morgan fingerprint density at radius 3 is 2.49 bits per heavy atom. The number of halogens is 1. The SMILES string of the molecule is COCC1C(=O)N(Cc2ccc(-c3ccc(OC)nc3)cc2)CCN1C(=O)COc1ccc(Cl)s1. The molecule has 1 unspecified atom stereocenters. The predicted octanol–water partition coefficient (Wildman–Crippen LogP) is 3.74. The van der Waals surface area contributed by atoms with Gasteiger partial charge in [0.15, 0.2) is 11.7 Å². The van der Waals surface area contributed by atoms with E-state index in [1.807, 2.05) is 36.4 Å². The predicted molar refractivity (Wildman–Crippen MR) is 134 cm³/mol. The number of hydrogen-bond acceptors (Lipinski definition) is 7. The van der Waals surface area contributed by atoms with Crippen LogP contribution in [-0.4, -0.2) is 73.2 Å². The van der Waals surface area contributed by atoms with Gasteiger partial charge in [-0.15, -0.1) is 0 Å². The van der Waals surface area contributed by atoms with E-state index in [4.69, 9.17) is 25.8 Å². The number of rotatable bonds is 9. The normalized spacial score (nSPS) is 15.9. The maximum absolute atomic E-state index is 13.2. The zero-order valence-electron chi connectivity index (χ0n) is 19.5. The van der Waals surface area contributed by atoms with Crippen molar-refractivity contribution in [3.8, 4) is 22.1 Å². The lowest BCUT2D eigenvalue weighted by Gasteiger charge is -2.40. The summed E-state index contributed by atoms with van der Waals surface area (Å²) in [6, 6.07) is 14.5. The van der Waals surface area contributed by atoms with Crippen molar-refractivity contribution in [3.63, 3.8) is 0 Å². The van der Waals surface area contributed by atoms with Gasteiger partial charge in [-0.2, -0.15) is 0 Å². The van der Waals surface area contributed by atoms with Crippen LogP contribution in [0.25, 0.3) is 11.1 Å². The molecular formula is C25H26ClN3O5S. The second-order valence-corrected chi connectivity index (χ2v) is 9.63. The number of nitrogens with zero attached hydrogens (tertiary/aromatic N) is 3. The van der Waals surface area contributed by atoms with E-state index in [1.165, 1.54) is 23.3 Å². The molecule has 1 aromatic carbocycles. The molecule has 0 N–H and O–H groups in total. The minimum Gasteiger partial charge on any atom is -0.481 e. The van der Waals surface area contributed by atoms with Crippen molar-refractivity contribution in [3.05, 3.63) is 64.6 Å². The molecule has 10 heteroatoms. The summed E-state index contributed by atoms with van der Waals surface area (Å²) in [7, 11) is 3.10. The van der Waals surface area contributed by atoms with Crippen molar-refractivity contribution in [2.75, 3.05) is 40.5 Å². The fourth-order valence-electron chi connectivity index (χ4n) is 3.90. The summed E-state index contributed by atoms with van der Waals surface area (Å²) in [4.78, 5) is 33.6. The molecule has 1 aliphatic rings. The lowest BCUT2D eigenvalue weighted by Crippen LogP contribution is -2.60. The van der Waals surface area contributed by atoms with Crippen molar-refractivity contribution in [2.45, 2.75) is 12.6 Å². The molecule has 3 aromatic rings. The molecule has 1 atom stereocenters. The van der Waals surface area contributed by atoms with Gasteiger partial charge >= 0.3 is 0 Å². The molecular weight excluding hydrogens is 490 g/mol. The van der Waals surface area contributed by atoms with Crippen LogP contribution in [0, 0.1) is 0 Å². The Kier molecular flexibility index (Phi) is 8.22. The zero-order valence-corrected chi connectivity index (χ0v) is 21.1. The molecule has 184 valence electrons. The topological polar surface area (TPSA) is 81.2 Å². The molecule has 2 amide bonds. The molecule has 35 heavy (non-hydrogen) atoms. The van der Waals surface area contributed by atoms with Crippen LogP contribution >= 0.6 is 22.9 Å². The number of benzene rings is 1. The van der Waals surface area contributed by atoms with E-state index < -0.39 is 6.04 Å². The van der Waals surface area contributed by atoms with Gasteiger partial charge in [-0.05, 0) is 29.3 Å². The van der Waals surface area contributed by atoms with E-state index in [9.17, 15) is 9.59 Å². The van der Waals surface area contributed by atoms with E-state index in [0.717, 1.165) is 16.7 Å². The van der Waals surface area contributed by atoms with Gasteiger partial charge in [0.2, 0.25) is 11.8 Å². The summed E-state index contributed by atoms with van der Waals surface area (Å²) in [5.74, 6) is 0.158. The standard InChI is InChI=1S/C25H26ClN3O5S/c1-32-15-20-25(31)28(11-12-29(20)23(30)16-34-24-10-8-21(26)35-24)14-17-3-5-18(6-4-17)19-7-9-22(33-2)27-13-19/h3-10,13,20H,11-12,14-16H2,1-2H3. The maximum atomic E-state index is 13.2. The summed E-state index contributed by atoms with van der Waals surface area (Å²) >= 11 is 7.16. The van der Waals surface area contributed by atoms with Crippen molar-refractivity contribution in [1.82, 2.24) is 14.8 Å². The summed E-state index contributed by atoms with van der Waals surface area (Å²) in [5.41, 5.74) is 3.00. The Hall–Kier alpha value is -3.14. The smallest absolute Gasteiger partial charge is 0.261 e. The van der Waals surface area contributed by atoms with Crippen LogP contribution in [0.1, 0.15) is 5.56 Å². The molecule has 4 rings (SSSR count). The zero-order chi connectivity index (χ0) is 24.8. The number of thiophene rings is 1. The van der Waals surface area contributed by atoms with Crippen LogP contribution in [0.15, 0.2) is 54.7 Å². The molecule has 1 saturated heterocycles. The van der Waals surface area contributed by atoms with Gasteiger partial charge in [0.1, 0.15) is 6.04 Å². The minimum atomic E-state index is -0.693. The average Bonchev–Trinajstić information content (AvgIpc) is 3.30. The van der Waals surface area contributed by atoms with Gasteiger partial charge in [-0.3, -0.25) is 9.59 Å². The number of ether oxygens (including phenoxy) is 3. The number of pyridine rings is 1.